The van der Waals surface area contributed by atoms with Gasteiger partial charge in [0.05, 0.1) is 6.61 Å². The number of hydrogen-bond donors (Lipinski definition) is 2. The molecular weight excluding hydrogens is 222 g/mol. The van der Waals surface area contributed by atoms with Crippen LogP contribution < -0.4 is 10.6 Å². The summed E-state index contributed by atoms with van der Waals surface area (Å²) in [6, 6.07) is -0.143. The molecule has 2 amide bonds. The highest BCUT2D eigenvalue weighted by molar-refractivity contribution is 5.88. The van der Waals surface area contributed by atoms with Gasteiger partial charge in [0.25, 0.3) is 0 Å². The van der Waals surface area contributed by atoms with E-state index < -0.39 is 5.97 Å². The van der Waals surface area contributed by atoms with E-state index in [1.807, 2.05) is 0 Å². The standard InChI is InChI=1S/C11H21N3O3/c1-5-17-10(15)9(2)8-12-6-7-13-11(16)14(3)4/h12H,2,5-8H2,1,3-4H3,(H,13,16). The summed E-state index contributed by atoms with van der Waals surface area (Å²) in [5.74, 6) is -0.391. The van der Waals surface area contributed by atoms with E-state index in [2.05, 4.69) is 17.2 Å². The lowest BCUT2D eigenvalue weighted by Gasteiger charge is -2.12. The Morgan fingerprint density at radius 2 is 1.94 bits per heavy atom. The van der Waals surface area contributed by atoms with Crippen molar-refractivity contribution in [2.75, 3.05) is 40.3 Å². The van der Waals surface area contributed by atoms with Gasteiger partial charge in [0.1, 0.15) is 0 Å². The summed E-state index contributed by atoms with van der Waals surface area (Å²) < 4.78 is 4.78. The van der Waals surface area contributed by atoms with Crippen molar-refractivity contribution in [3.8, 4) is 0 Å². The number of ether oxygens (including phenoxy) is 1. The average Bonchev–Trinajstić information content (AvgIpc) is 2.28. The molecule has 0 saturated heterocycles. The summed E-state index contributed by atoms with van der Waals surface area (Å²) in [7, 11) is 3.34. The van der Waals surface area contributed by atoms with Crippen LogP contribution in [0.15, 0.2) is 12.2 Å². The molecule has 0 aromatic heterocycles. The maximum atomic E-state index is 11.2. The van der Waals surface area contributed by atoms with Crippen molar-refractivity contribution < 1.29 is 14.3 Å². The highest BCUT2D eigenvalue weighted by Gasteiger charge is 2.06. The fourth-order valence-electron chi connectivity index (χ4n) is 0.961. The molecule has 0 bridgehead atoms. The van der Waals surface area contributed by atoms with Crippen LogP contribution in [0.4, 0.5) is 4.79 Å². The Hall–Kier alpha value is -1.56. The smallest absolute Gasteiger partial charge is 0.334 e. The Kier molecular flexibility index (Phi) is 7.79. The highest BCUT2D eigenvalue weighted by atomic mass is 16.5. The third-order valence-corrected chi connectivity index (χ3v) is 1.89. The summed E-state index contributed by atoms with van der Waals surface area (Å²) in [5.41, 5.74) is 0.380. The first-order chi connectivity index (χ1) is 7.99. The maximum Gasteiger partial charge on any atom is 0.334 e. The minimum Gasteiger partial charge on any atom is -0.463 e. The van der Waals surface area contributed by atoms with Gasteiger partial charge in [-0.25, -0.2) is 9.59 Å². The first kappa shape index (κ1) is 15.4. The minimum absolute atomic E-state index is 0.143. The minimum atomic E-state index is -0.391. The molecule has 0 heterocycles. The molecule has 0 aliphatic carbocycles. The van der Waals surface area contributed by atoms with Crippen molar-refractivity contribution in [3.05, 3.63) is 12.2 Å². The normalized spacial score (nSPS) is 9.59. The van der Waals surface area contributed by atoms with Gasteiger partial charge in [-0.05, 0) is 6.92 Å². The number of carbonyl (C=O) groups is 2. The number of amides is 2. The molecule has 2 N–H and O–H groups in total. The van der Waals surface area contributed by atoms with Gasteiger partial charge < -0.3 is 20.3 Å². The summed E-state index contributed by atoms with van der Waals surface area (Å²) in [4.78, 5) is 23.8. The van der Waals surface area contributed by atoms with Crippen LogP contribution in [0, 0.1) is 0 Å². The first-order valence-corrected chi connectivity index (χ1v) is 5.49. The van der Waals surface area contributed by atoms with Crippen LogP contribution in [0.2, 0.25) is 0 Å². The SMILES string of the molecule is C=C(CNCCNC(=O)N(C)C)C(=O)OCC. The van der Waals surface area contributed by atoms with Crippen LogP contribution in [0.1, 0.15) is 6.92 Å². The fraction of sp³-hybridized carbons (Fsp3) is 0.636. The van der Waals surface area contributed by atoms with E-state index in [-0.39, 0.29) is 6.03 Å². The zero-order valence-corrected chi connectivity index (χ0v) is 10.7. The van der Waals surface area contributed by atoms with Crippen LogP contribution in [0.25, 0.3) is 0 Å². The molecule has 0 aromatic rings. The monoisotopic (exact) mass is 243 g/mol. The molecule has 0 fully saturated rings. The van der Waals surface area contributed by atoms with Gasteiger partial charge in [-0.1, -0.05) is 6.58 Å². The summed E-state index contributed by atoms with van der Waals surface area (Å²) in [6.45, 7) is 7.11. The quantitative estimate of drug-likeness (QED) is 0.374. The summed E-state index contributed by atoms with van der Waals surface area (Å²) >= 11 is 0. The van der Waals surface area contributed by atoms with Crippen molar-refractivity contribution in [1.82, 2.24) is 15.5 Å². The van der Waals surface area contributed by atoms with Crippen molar-refractivity contribution in [2.24, 2.45) is 0 Å². The first-order valence-electron chi connectivity index (χ1n) is 5.49. The molecule has 98 valence electrons. The van der Waals surface area contributed by atoms with Gasteiger partial charge >= 0.3 is 12.0 Å². The zero-order chi connectivity index (χ0) is 13.3. The van der Waals surface area contributed by atoms with Crippen LogP contribution >= 0.6 is 0 Å². The van der Waals surface area contributed by atoms with Gasteiger partial charge in [0.2, 0.25) is 0 Å². The predicted molar refractivity (Wildman–Crippen MR) is 65.7 cm³/mol. The molecule has 17 heavy (non-hydrogen) atoms. The third-order valence-electron chi connectivity index (χ3n) is 1.89. The van der Waals surface area contributed by atoms with Crippen LogP contribution in [-0.2, 0) is 9.53 Å². The summed E-state index contributed by atoms with van der Waals surface area (Å²) in [6.07, 6.45) is 0. The van der Waals surface area contributed by atoms with Crippen LogP contribution in [0.3, 0.4) is 0 Å². The number of nitrogens with zero attached hydrogens (tertiary/aromatic N) is 1. The predicted octanol–water partition coefficient (Wildman–Crippen LogP) is -0.0335. The topological polar surface area (TPSA) is 70.7 Å². The lowest BCUT2D eigenvalue weighted by atomic mass is 10.3. The molecule has 0 spiro atoms. The van der Waals surface area contributed by atoms with Gasteiger partial charge in [0.15, 0.2) is 0 Å². The number of esters is 1. The second kappa shape index (κ2) is 8.58. The molecule has 0 unspecified atom stereocenters. The van der Waals surface area contributed by atoms with E-state index in [4.69, 9.17) is 4.74 Å². The van der Waals surface area contributed by atoms with E-state index in [1.54, 1.807) is 21.0 Å². The lowest BCUT2D eigenvalue weighted by molar-refractivity contribution is -0.138. The molecular formula is C11H21N3O3. The Labute approximate surface area is 102 Å². The molecule has 0 saturated carbocycles. The van der Waals surface area contributed by atoms with Crippen LogP contribution in [0.5, 0.6) is 0 Å². The van der Waals surface area contributed by atoms with E-state index >= 15 is 0 Å². The largest absolute Gasteiger partial charge is 0.463 e. The molecule has 6 heteroatoms. The van der Waals surface area contributed by atoms with Crippen LogP contribution in [-0.4, -0.2) is 57.2 Å². The highest BCUT2D eigenvalue weighted by Crippen LogP contribution is 1.91. The van der Waals surface area contributed by atoms with Gasteiger partial charge in [0, 0.05) is 39.3 Å². The summed E-state index contributed by atoms with van der Waals surface area (Å²) in [5, 5.41) is 5.67. The fourth-order valence-corrected chi connectivity index (χ4v) is 0.961. The molecule has 6 nitrogen and oxygen atoms in total. The number of urea groups is 1. The second-order valence-corrected chi connectivity index (χ2v) is 3.63. The molecule has 0 aliphatic rings. The zero-order valence-electron chi connectivity index (χ0n) is 10.7. The molecule has 0 radical (unpaired) electrons. The number of rotatable bonds is 7. The molecule has 0 aliphatic heterocycles. The van der Waals surface area contributed by atoms with E-state index in [1.165, 1.54) is 4.90 Å². The van der Waals surface area contributed by atoms with Gasteiger partial charge in [-0.3, -0.25) is 0 Å². The molecule has 0 aromatic carbocycles. The van der Waals surface area contributed by atoms with Crippen molar-refractivity contribution >= 4 is 12.0 Å². The number of nitrogens with one attached hydrogen (secondary N) is 2. The maximum absolute atomic E-state index is 11.2. The third kappa shape index (κ3) is 7.35. The van der Waals surface area contributed by atoms with E-state index in [0.717, 1.165) is 0 Å². The molecule has 0 rings (SSSR count). The van der Waals surface area contributed by atoms with Gasteiger partial charge in [-0.2, -0.15) is 0 Å². The molecule has 0 atom stereocenters. The van der Waals surface area contributed by atoms with Crippen molar-refractivity contribution in [3.63, 3.8) is 0 Å². The van der Waals surface area contributed by atoms with Crippen molar-refractivity contribution in [2.45, 2.75) is 6.92 Å². The van der Waals surface area contributed by atoms with Gasteiger partial charge in [-0.15, -0.1) is 0 Å². The van der Waals surface area contributed by atoms with E-state index in [9.17, 15) is 9.59 Å². The Morgan fingerprint density at radius 3 is 2.47 bits per heavy atom. The lowest BCUT2D eigenvalue weighted by Crippen LogP contribution is -2.38. The number of hydrogen-bond acceptors (Lipinski definition) is 4. The average molecular weight is 243 g/mol. The van der Waals surface area contributed by atoms with E-state index in [0.29, 0.717) is 31.8 Å². The number of carbonyl (C=O) groups excluding carboxylic acids is 2. The Bertz CT molecular complexity index is 277. The van der Waals surface area contributed by atoms with Crippen molar-refractivity contribution in [1.29, 1.82) is 0 Å². The Morgan fingerprint density at radius 1 is 1.29 bits per heavy atom. The second-order valence-electron chi connectivity index (χ2n) is 3.63. The Balaban J connectivity index is 3.55.